The van der Waals surface area contributed by atoms with Crippen LogP contribution in [0.25, 0.3) is 11.1 Å². The highest BCUT2D eigenvalue weighted by Crippen LogP contribution is 2.29. The number of amides is 2. The number of rotatable bonds is 8. The van der Waals surface area contributed by atoms with E-state index >= 15 is 0 Å². The molecule has 1 aliphatic rings. The van der Waals surface area contributed by atoms with E-state index < -0.39 is 11.9 Å². The number of nitrogens with one attached hydrogen (secondary N) is 3. The molecular weight excluding hydrogens is 468 g/mol. The molecule has 1 aliphatic carbocycles. The Labute approximate surface area is 215 Å². The molecule has 4 rings (SSSR count). The van der Waals surface area contributed by atoms with Crippen LogP contribution in [0, 0.1) is 11.3 Å². The van der Waals surface area contributed by atoms with Crippen molar-refractivity contribution in [2.75, 3.05) is 11.9 Å². The van der Waals surface area contributed by atoms with E-state index in [1.165, 1.54) is 25.3 Å². The minimum absolute atomic E-state index is 0.0589. The summed E-state index contributed by atoms with van der Waals surface area (Å²) in [5, 5.41) is 23.2. The molecule has 3 aromatic rings. The van der Waals surface area contributed by atoms with E-state index in [4.69, 9.17) is 11.1 Å². The van der Waals surface area contributed by atoms with Crippen molar-refractivity contribution in [1.82, 2.24) is 5.32 Å². The van der Waals surface area contributed by atoms with E-state index in [0.29, 0.717) is 34.8 Å². The van der Waals surface area contributed by atoms with Gasteiger partial charge in [-0.3, -0.25) is 15.0 Å². The van der Waals surface area contributed by atoms with Gasteiger partial charge in [-0.25, -0.2) is 4.79 Å². The van der Waals surface area contributed by atoms with Crippen molar-refractivity contribution in [1.29, 1.82) is 5.41 Å². The van der Waals surface area contributed by atoms with Crippen molar-refractivity contribution < 1.29 is 19.5 Å². The zero-order valence-corrected chi connectivity index (χ0v) is 20.4. The highest BCUT2D eigenvalue weighted by molar-refractivity contribution is 6.11. The van der Waals surface area contributed by atoms with Gasteiger partial charge in [0.15, 0.2) is 0 Å². The van der Waals surface area contributed by atoms with E-state index in [1.54, 1.807) is 60.7 Å². The Morgan fingerprint density at radius 1 is 0.838 bits per heavy atom. The summed E-state index contributed by atoms with van der Waals surface area (Å²) in [6.07, 6.45) is 5.78. The van der Waals surface area contributed by atoms with Gasteiger partial charge < -0.3 is 21.5 Å². The molecule has 0 aliphatic heterocycles. The molecule has 1 fully saturated rings. The smallest absolute Gasteiger partial charge is 0.336 e. The summed E-state index contributed by atoms with van der Waals surface area (Å²) < 4.78 is 0. The summed E-state index contributed by atoms with van der Waals surface area (Å²) in [6, 6.07) is 17.8. The van der Waals surface area contributed by atoms with Crippen LogP contribution in [0.1, 0.15) is 68.7 Å². The molecule has 190 valence electrons. The van der Waals surface area contributed by atoms with Crippen LogP contribution in [0.4, 0.5) is 5.69 Å². The van der Waals surface area contributed by atoms with Crippen molar-refractivity contribution >= 4 is 29.3 Å². The summed E-state index contributed by atoms with van der Waals surface area (Å²) in [5.74, 6) is -1.53. The number of nitrogens with two attached hydrogens (primary N) is 1. The lowest BCUT2D eigenvalue weighted by atomic mass is 9.89. The maximum Gasteiger partial charge on any atom is 0.336 e. The lowest BCUT2D eigenvalue weighted by Crippen LogP contribution is -2.30. The van der Waals surface area contributed by atoms with Crippen molar-refractivity contribution in [3.8, 4) is 11.1 Å². The third kappa shape index (κ3) is 6.22. The minimum Gasteiger partial charge on any atom is -0.478 e. The molecule has 0 unspecified atom stereocenters. The van der Waals surface area contributed by atoms with Crippen LogP contribution in [0.15, 0.2) is 66.7 Å². The van der Waals surface area contributed by atoms with Crippen LogP contribution in [-0.4, -0.2) is 35.3 Å². The first-order valence-corrected chi connectivity index (χ1v) is 12.3. The number of aromatic carboxylic acids is 1. The van der Waals surface area contributed by atoms with Gasteiger partial charge in [0.25, 0.3) is 11.8 Å². The molecule has 8 heteroatoms. The first-order chi connectivity index (χ1) is 17.8. The van der Waals surface area contributed by atoms with E-state index in [9.17, 15) is 19.5 Å². The Bertz CT molecular complexity index is 1330. The van der Waals surface area contributed by atoms with Crippen molar-refractivity contribution in [3.05, 3.63) is 89.0 Å². The fraction of sp³-hybridized carbons (Fsp3) is 0.241. The van der Waals surface area contributed by atoms with Gasteiger partial charge in [-0.2, -0.15) is 0 Å². The molecule has 1 saturated carbocycles. The first kappa shape index (κ1) is 25.6. The van der Waals surface area contributed by atoms with Crippen LogP contribution in [0.3, 0.4) is 0 Å². The average molecular weight is 499 g/mol. The fourth-order valence-corrected chi connectivity index (χ4v) is 4.68. The van der Waals surface area contributed by atoms with Gasteiger partial charge in [0.2, 0.25) is 0 Å². The van der Waals surface area contributed by atoms with Gasteiger partial charge in [0.1, 0.15) is 5.84 Å². The van der Waals surface area contributed by atoms with Crippen molar-refractivity contribution in [2.24, 2.45) is 11.7 Å². The number of carboxylic acids is 1. The third-order valence-electron chi connectivity index (χ3n) is 6.70. The molecule has 37 heavy (non-hydrogen) atoms. The second kappa shape index (κ2) is 11.5. The molecule has 0 bridgehead atoms. The molecule has 6 N–H and O–H groups in total. The summed E-state index contributed by atoms with van der Waals surface area (Å²) >= 11 is 0. The minimum atomic E-state index is -1.19. The number of carbonyl (C=O) groups excluding carboxylic acids is 2. The predicted molar refractivity (Wildman–Crippen MR) is 143 cm³/mol. The van der Waals surface area contributed by atoms with E-state index in [1.807, 2.05) is 0 Å². The number of hydrogen-bond acceptors (Lipinski definition) is 4. The van der Waals surface area contributed by atoms with Crippen molar-refractivity contribution in [2.45, 2.75) is 32.1 Å². The zero-order valence-electron chi connectivity index (χ0n) is 20.4. The molecule has 0 saturated heterocycles. The molecule has 0 spiro atoms. The van der Waals surface area contributed by atoms with Crippen LogP contribution in [0.5, 0.6) is 0 Å². The van der Waals surface area contributed by atoms with E-state index in [-0.39, 0.29) is 28.4 Å². The Kier molecular flexibility index (Phi) is 7.98. The van der Waals surface area contributed by atoms with Crippen LogP contribution in [-0.2, 0) is 0 Å². The quantitative estimate of drug-likeness (QED) is 0.222. The third-order valence-corrected chi connectivity index (χ3v) is 6.70. The molecule has 8 nitrogen and oxygen atoms in total. The first-order valence-electron chi connectivity index (χ1n) is 12.3. The summed E-state index contributed by atoms with van der Waals surface area (Å²) in [6.45, 7) is 0.583. The lowest BCUT2D eigenvalue weighted by molar-refractivity contribution is 0.0697. The van der Waals surface area contributed by atoms with Gasteiger partial charge in [0.05, 0.1) is 5.56 Å². The summed E-state index contributed by atoms with van der Waals surface area (Å²) in [5.41, 5.74) is 7.80. The van der Waals surface area contributed by atoms with Crippen molar-refractivity contribution in [3.63, 3.8) is 0 Å². The van der Waals surface area contributed by atoms with Gasteiger partial charge in [-0.1, -0.05) is 43.5 Å². The normalized spacial score (nSPS) is 13.5. The topological polar surface area (TPSA) is 145 Å². The van der Waals surface area contributed by atoms with Crippen LogP contribution < -0.4 is 16.4 Å². The molecule has 3 aromatic carbocycles. The Morgan fingerprint density at radius 2 is 1.49 bits per heavy atom. The Hall–Kier alpha value is -4.46. The average Bonchev–Trinajstić information content (AvgIpc) is 2.92. The molecule has 0 aromatic heterocycles. The largest absolute Gasteiger partial charge is 0.478 e. The Morgan fingerprint density at radius 3 is 2.16 bits per heavy atom. The molecular formula is C29H30N4O4. The van der Waals surface area contributed by atoms with Gasteiger partial charge in [0, 0.05) is 28.9 Å². The highest BCUT2D eigenvalue weighted by Gasteiger charge is 2.21. The zero-order chi connectivity index (χ0) is 26.4. The Balaban J connectivity index is 1.57. The number of carboxylic acid groups (broad SMARTS) is 1. The SMILES string of the molecule is N=C(N)c1ccc(NC(=O)c2ccccc2-c2ccc(C(=O)NCC3CCCCC3)cc2C(=O)O)cc1. The number of anilines is 1. The van der Waals surface area contributed by atoms with Gasteiger partial charge in [-0.05, 0) is 72.4 Å². The number of benzene rings is 3. The second-order valence-corrected chi connectivity index (χ2v) is 9.27. The van der Waals surface area contributed by atoms with E-state index in [0.717, 1.165) is 12.8 Å². The second-order valence-electron chi connectivity index (χ2n) is 9.27. The maximum atomic E-state index is 13.1. The standard InChI is InChI=1S/C29H30N4O4/c30-26(31)19-10-13-21(14-11-19)33-28(35)24-9-5-4-8-22(24)23-15-12-20(16-25(23)29(36)37)27(34)32-17-18-6-2-1-3-7-18/h4-5,8-16,18H,1-3,6-7,17H2,(H3,30,31)(H,32,34)(H,33,35)(H,36,37). The lowest BCUT2D eigenvalue weighted by Gasteiger charge is -2.21. The molecule has 0 heterocycles. The maximum absolute atomic E-state index is 13.1. The molecule has 0 atom stereocenters. The number of nitrogen functional groups attached to an aromatic ring is 1. The fourth-order valence-electron chi connectivity index (χ4n) is 4.68. The summed E-state index contributed by atoms with van der Waals surface area (Å²) in [4.78, 5) is 38.1. The van der Waals surface area contributed by atoms with Crippen LogP contribution >= 0.6 is 0 Å². The van der Waals surface area contributed by atoms with E-state index in [2.05, 4.69) is 10.6 Å². The molecule has 2 amide bonds. The number of carbonyl (C=O) groups is 3. The van der Waals surface area contributed by atoms with Gasteiger partial charge in [-0.15, -0.1) is 0 Å². The highest BCUT2D eigenvalue weighted by atomic mass is 16.4. The predicted octanol–water partition coefficient (Wildman–Crippen LogP) is 4.90. The molecule has 0 radical (unpaired) electrons. The van der Waals surface area contributed by atoms with Crippen LogP contribution in [0.2, 0.25) is 0 Å². The summed E-state index contributed by atoms with van der Waals surface area (Å²) in [7, 11) is 0. The monoisotopic (exact) mass is 498 g/mol. The number of amidine groups is 1. The number of hydrogen-bond donors (Lipinski definition) is 5. The van der Waals surface area contributed by atoms with Gasteiger partial charge >= 0.3 is 5.97 Å².